The van der Waals surface area contributed by atoms with E-state index in [-0.39, 0.29) is 5.25 Å². The van der Waals surface area contributed by atoms with E-state index in [0.29, 0.717) is 41.1 Å². The second-order valence-corrected chi connectivity index (χ2v) is 8.56. The van der Waals surface area contributed by atoms with Crippen molar-refractivity contribution in [2.45, 2.75) is 25.5 Å². The van der Waals surface area contributed by atoms with Gasteiger partial charge in [-0.25, -0.2) is 9.97 Å². The monoisotopic (exact) mass is 463 g/mol. The number of rotatable bonds is 9. The molecule has 0 spiro atoms. The van der Waals surface area contributed by atoms with Crippen LogP contribution in [0.3, 0.4) is 0 Å². The molecule has 0 saturated heterocycles. The van der Waals surface area contributed by atoms with Crippen LogP contribution in [0.25, 0.3) is 17.2 Å². The van der Waals surface area contributed by atoms with Gasteiger partial charge in [0.25, 0.3) is 0 Å². The molecule has 10 heteroatoms. The lowest BCUT2D eigenvalue weighted by molar-refractivity contribution is 0.391. The van der Waals surface area contributed by atoms with Crippen LogP contribution < -0.4 is 14.2 Å². The van der Waals surface area contributed by atoms with Crippen LogP contribution in [0.2, 0.25) is 0 Å². The molecule has 0 aliphatic heterocycles. The zero-order valence-electron chi connectivity index (χ0n) is 18.9. The second kappa shape index (κ2) is 10.3. The highest BCUT2D eigenvalue weighted by Crippen LogP contribution is 2.37. The average molecular weight is 464 g/mol. The van der Waals surface area contributed by atoms with E-state index in [9.17, 15) is 0 Å². The van der Waals surface area contributed by atoms with Crippen molar-refractivity contribution in [2.24, 2.45) is 0 Å². The standard InChI is InChI=1S/C23H25N7O2S/c1-15-13-25-20(26-14-15)12-16(2)33-29-23-28-27-22(17-8-5-6-11-24-17)30(23)21-18(31-3)9-7-10-19(21)32-4/h5-11,13-14,16H,12H2,1-4H3,(H,28,29). The van der Waals surface area contributed by atoms with E-state index in [0.717, 1.165) is 11.4 Å². The fraction of sp³-hybridized carbons (Fsp3) is 0.261. The highest BCUT2D eigenvalue weighted by molar-refractivity contribution is 8.01. The number of hydrogen-bond donors (Lipinski definition) is 1. The molecule has 0 amide bonds. The zero-order valence-corrected chi connectivity index (χ0v) is 19.7. The lowest BCUT2D eigenvalue weighted by Crippen LogP contribution is -2.11. The van der Waals surface area contributed by atoms with Crippen LogP contribution in [0.5, 0.6) is 11.5 Å². The summed E-state index contributed by atoms with van der Waals surface area (Å²) < 4.78 is 16.5. The van der Waals surface area contributed by atoms with Crippen molar-refractivity contribution in [2.75, 3.05) is 18.9 Å². The summed E-state index contributed by atoms with van der Waals surface area (Å²) in [6.07, 6.45) is 6.09. The van der Waals surface area contributed by atoms with E-state index in [1.165, 1.54) is 11.9 Å². The fourth-order valence-corrected chi connectivity index (χ4v) is 3.92. The maximum absolute atomic E-state index is 5.64. The van der Waals surface area contributed by atoms with Crippen LogP contribution >= 0.6 is 11.9 Å². The maximum Gasteiger partial charge on any atom is 0.239 e. The molecule has 0 aliphatic carbocycles. The van der Waals surface area contributed by atoms with Gasteiger partial charge in [0.2, 0.25) is 5.95 Å². The molecule has 3 aromatic heterocycles. The predicted molar refractivity (Wildman–Crippen MR) is 129 cm³/mol. The Hall–Kier alpha value is -3.66. The number of benzene rings is 1. The number of ether oxygens (including phenoxy) is 2. The van der Waals surface area contributed by atoms with Gasteiger partial charge in [0.15, 0.2) is 5.82 Å². The van der Waals surface area contributed by atoms with Crippen LogP contribution in [0, 0.1) is 6.92 Å². The van der Waals surface area contributed by atoms with Crippen LogP contribution in [0.15, 0.2) is 55.0 Å². The minimum absolute atomic E-state index is 0.177. The van der Waals surface area contributed by atoms with Gasteiger partial charge in [-0.05, 0) is 48.7 Å². The summed E-state index contributed by atoms with van der Waals surface area (Å²) in [6.45, 7) is 4.08. The number of aryl methyl sites for hydroxylation is 1. The smallest absolute Gasteiger partial charge is 0.239 e. The molecule has 0 bridgehead atoms. The number of anilines is 1. The number of nitrogens with one attached hydrogen (secondary N) is 1. The molecule has 3 heterocycles. The van der Waals surface area contributed by atoms with E-state index in [1.54, 1.807) is 20.4 Å². The molecular weight excluding hydrogens is 438 g/mol. The summed E-state index contributed by atoms with van der Waals surface area (Å²) in [5, 5.41) is 9.01. The summed E-state index contributed by atoms with van der Waals surface area (Å²) in [5.41, 5.74) is 2.40. The molecule has 1 unspecified atom stereocenters. The van der Waals surface area contributed by atoms with Gasteiger partial charge in [0.1, 0.15) is 28.7 Å². The van der Waals surface area contributed by atoms with E-state index in [1.807, 2.05) is 60.3 Å². The van der Waals surface area contributed by atoms with Crippen molar-refractivity contribution >= 4 is 17.9 Å². The molecule has 0 radical (unpaired) electrons. The lowest BCUT2D eigenvalue weighted by atomic mass is 10.2. The van der Waals surface area contributed by atoms with Crippen molar-refractivity contribution in [1.82, 2.24) is 29.7 Å². The molecule has 33 heavy (non-hydrogen) atoms. The van der Waals surface area contributed by atoms with Crippen molar-refractivity contribution in [3.8, 4) is 28.7 Å². The van der Waals surface area contributed by atoms with Gasteiger partial charge >= 0.3 is 0 Å². The van der Waals surface area contributed by atoms with Gasteiger partial charge in [0.05, 0.1) is 14.2 Å². The Morgan fingerprint density at radius 1 is 0.970 bits per heavy atom. The largest absolute Gasteiger partial charge is 0.494 e. The van der Waals surface area contributed by atoms with Crippen LogP contribution in [-0.4, -0.2) is 49.2 Å². The van der Waals surface area contributed by atoms with E-state index < -0.39 is 0 Å². The summed E-state index contributed by atoms with van der Waals surface area (Å²) in [5.74, 6) is 3.14. The molecule has 1 aromatic carbocycles. The minimum atomic E-state index is 0.177. The second-order valence-electron chi connectivity index (χ2n) is 7.32. The topological polar surface area (TPSA) is 99.9 Å². The Morgan fingerprint density at radius 3 is 2.33 bits per heavy atom. The van der Waals surface area contributed by atoms with Gasteiger partial charge in [-0.2, -0.15) is 0 Å². The summed E-state index contributed by atoms with van der Waals surface area (Å²) in [6, 6.07) is 11.3. The normalized spacial score (nSPS) is 11.8. The molecule has 0 fully saturated rings. The minimum Gasteiger partial charge on any atom is -0.494 e. The van der Waals surface area contributed by atoms with Crippen LogP contribution in [0.4, 0.5) is 5.95 Å². The molecular formula is C23H25N7O2S. The highest BCUT2D eigenvalue weighted by atomic mass is 32.2. The molecule has 9 nitrogen and oxygen atoms in total. The number of aromatic nitrogens is 6. The average Bonchev–Trinajstić information content (AvgIpc) is 3.27. The first-order valence-corrected chi connectivity index (χ1v) is 11.3. The Morgan fingerprint density at radius 2 is 1.70 bits per heavy atom. The first-order valence-electron chi connectivity index (χ1n) is 10.4. The summed E-state index contributed by atoms with van der Waals surface area (Å²) in [4.78, 5) is 13.3. The van der Waals surface area contributed by atoms with Crippen LogP contribution in [0.1, 0.15) is 18.3 Å². The first-order chi connectivity index (χ1) is 16.1. The van der Waals surface area contributed by atoms with Crippen molar-refractivity contribution in [3.05, 3.63) is 66.4 Å². The quantitative estimate of drug-likeness (QED) is 0.367. The third-order valence-corrected chi connectivity index (χ3v) is 5.71. The highest BCUT2D eigenvalue weighted by Gasteiger charge is 2.23. The van der Waals surface area contributed by atoms with Gasteiger partial charge in [0, 0.05) is 30.3 Å². The first kappa shape index (κ1) is 22.5. The zero-order chi connectivity index (χ0) is 23.2. The summed E-state index contributed by atoms with van der Waals surface area (Å²) in [7, 11) is 3.24. The Balaban J connectivity index is 1.68. The molecule has 0 saturated carbocycles. The van der Waals surface area contributed by atoms with E-state index in [4.69, 9.17) is 9.47 Å². The van der Waals surface area contributed by atoms with Crippen molar-refractivity contribution < 1.29 is 9.47 Å². The Kier molecular flexibility index (Phi) is 7.04. The SMILES string of the molecule is COc1cccc(OC)c1-n1c(NSC(C)Cc2ncc(C)cn2)nnc1-c1ccccn1. The number of nitrogens with zero attached hydrogens (tertiary/aromatic N) is 6. The Bertz CT molecular complexity index is 1180. The fourth-order valence-electron chi connectivity index (χ4n) is 3.25. The van der Waals surface area contributed by atoms with Crippen molar-refractivity contribution in [1.29, 1.82) is 0 Å². The molecule has 1 N–H and O–H groups in total. The molecule has 4 rings (SSSR count). The molecule has 1 atom stereocenters. The number of methoxy groups -OCH3 is 2. The van der Waals surface area contributed by atoms with Gasteiger partial charge in [-0.15, -0.1) is 10.2 Å². The third kappa shape index (κ3) is 5.06. The predicted octanol–water partition coefficient (Wildman–Crippen LogP) is 4.14. The number of hydrogen-bond acceptors (Lipinski definition) is 9. The Labute approximate surface area is 196 Å². The van der Waals surface area contributed by atoms with Crippen molar-refractivity contribution in [3.63, 3.8) is 0 Å². The van der Waals surface area contributed by atoms with E-state index >= 15 is 0 Å². The molecule has 170 valence electrons. The number of pyridine rings is 1. The molecule has 0 aliphatic rings. The van der Waals surface area contributed by atoms with E-state index in [2.05, 4.69) is 36.8 Å². The van der Waals surface area contributed by atoms with Gasteiger partial charge in [-0.3, -0.25) is 14.3 Å². The lowest BCUT2D eigenvalue weighted by Gasteiger charge is -2.18. The van der Waals surface area contributed by atoms with Gasteiger partial charge in [-0.1, -0.05) is 19.1 Å². The van der Waals surface area contributed by atoms with Gasteiger partial charge < -0.3 is 9.47 Å². The van der Waals surface area contributed by atoms with Crippen LogP contribution in [-0.2, 0) is 6.42 Å². The molecule has 4 aromatic rings. The number of para-hydroxylation sites is 1. The maximum atomic E-state index is 5.64. The summed E-state index contributed by atoms with van der Waals surface area (Å²) >= 11 is 1.52. The third-order valence-electron chi connectivity index (χ3n) is 4.84.